The zero-order chi connectivity index (χ0) is 12.3. The van der Waals surface area contributed by atoms with Crippen molar-refractivity contribution in [2.45, 2.75) is 13.8 Å². The molecule has 2 rings (SSSR count). The zero-order valence-corrected chi connectivity index (χ0v) is 9.64. The Kier molecular flexibility index (Phi) is 3.18. The lowest BCUT2D eigenvalue weighted by Gasteiger charge is -1.98. The van der Waals surface area contributed by atoms with Gasteiger partial charge in [0.05, 0.1) is 12.3 Å². The normalized spacial score (nSPS) is 10.2. The minimum Gasteiger partial charge on any atom is -0.460 e. The number of carbonyl (C=O) groups is 1. The largest absolute Gasteiger partial charge is 0.460 e. The van der Waals surface area contributed by atoms with Crippen LogP contribution in [-0.2, 0) is 4.74 Å². The molecule has 0 fully saturated rings. The van der Waals surface area contributed by atoms with Crippen LogP contribution in [0.5, 0.6) is 0 Å². The van der Waals surface area contributed by atoms with Crippen molar-refractivity contribution in [2.24, 2.45) is 0 Å². The fourth-order valence-electron chi connectivity index (χ4n) is 1.46. The van der Waals surface area contributed by atoms with Gasteiger partial charge < -0.3 is 9.26 Å². The monoisotopic (exact) mass is 232 g/mol. The second-order valence-electron chi connectivity index (χ2n) is 3.42. The molecule has 17 heavy (non-hydrogen) atoms. The molecule has 5 nitrogen and oxygen atoms in total. The molecule has 0 aromatic carbocycles. The van der Waals surface area contributed by atoms with Gasteiger partial charge in [0.15, 0.2) is 0 Å². The Morgan fingerprint density at radius 3 is 2.94 bits per heavy atom. The van der Waals surface area contributed by atoms with E-state index in [-0.39, 0.29) is 5.76 Å². The Balaban J connectivity index is 2.37. The van der Waals surface area contributed by atoms with Gasteiger partial charge in [-0.05, 0) is 26.0 Å². The van der Waals surface area contributed by atoms with E-state index in [0.717, 1.165) is 0 Å². The quantitative estimate of drug-likeness (QED) is 0.759. The Morgan fingerprint density at radius 2 is 2.29 bits per heavy atom. The van der Waals surface area contributed by atoms with Crippen molar-refractivity contribution < 1.29 is 14.1 Å². The SMILES string of the molecule is CCOC(=O)c1onc(-c2ccccn2)c1C. The summed E-state index contributed by atoms with van der Waals surface area (Å²) in [7, 11) is 0. The highest BCUT2D eigenvalue weighted by Gasteiger charge is 2.21. The molecule has 2 aromatic heterocycles. The van der Waals surface area contributed by atoms with Crippen molar-refractivity contribution in [3.8, 4) is 11.4 Å². The summed E-state index contributed by atoms with van der Waals surface area (Å²) in [5.41, 5.74) is 1.88. The van der Waals surface area contributed by atoms with E-state index in [1.54, 1.807) is 26.1 Å². The highest BCUT2D eigenvalue weighted by Crippen LogP contribution is 2.23. The van der Waals surface area contributed by atoms with Crippen molar-refractivity contribution in [1.29, 1.82) is 0 Å². The summed E-state index contributed by atoms with van der Waals surface area (Å²) in [6.45, 7) is 3.80. The molecule has 0 atom stereocenters. The molecule has 0 bridgehead atoms. The van der Waals surface area contributed by atoms with Gasteiger partial charge in [0.2, 0.25) is 5.76 Å². The summed E-state index contributed by atoms with van der Waals surface area (Å²) in [4.78, 5) is 15.7. The Morgan fingerprint density at radius 1 is 1.47 bits per heavy atom. The van der Waals surface area contributed by atoms with Crippen LogP contribution in [0.2, 0.25) is 0 Å². The molecule has 5 heteroatoms. The molecule has 0 aliphatic carbocycles. The van der Waals surface area contributed by atoms with E-state index >= 15 is 0 Å². The molecule has 0 N–H and O–H groups in total. The van der Waals surface area contributed by atoms with Crippen molar-refractivity contribution in [3.63, 3.8) is 0 Å². The average molecular weight is 232 g/mol. The number of nitrogens with zero attached hydrogens (tertiary/aromatic N) is 2. The Labute approximate surface area is 98.4 Å². The number of ether oxygens (including phenoxy) is 1. The van der Waals surface area contributed by atoms with E-state index in [1.165, 1.54) is 0 Å². The molecule has 0 radical (unpaired) electrons. The van der Waals surface area contributed by atoms with E-state index in [1.807, 2.05) is 12.1 Å². The summed E-state index contributed by atoms with van der Waals surface area (Å²) < 4.78 is 9.86. The predicted octanol–water partition coefficient (Wildman–Crippen LogP) is 2.22. The standard InChI is InChI=1S/C12H12N2O3/c1-3-16-12(15)11-8(2)10(14-17-11)9-6-4-5-7-13-9/h4-7H,3H2,1-2H3. The topological polar surface area (TPSA) is 65.2 Å². The lowest BCUT2D eigenvalue weighted by molar-refractivity contribution is 0.0478. The van der Waals surface area contributed by atoms with Crippen LogP contribution in [0.25, 0.3) is 11.4 Å². The molecular weight excluding hydrogens is 220 g/mol. The smallest absolute Gasteiger partial charge is 0.377 e. The molecule has 2 aromatic rings. The number of aromatic nitrogens is 2. The first-order valence-electron chi connectivity index (χ1n) is 5.28. The number of carbonyl (C=O) groups excluding carboxylic acids is 1. The second-order valence-corrected chi connectivity index (χ2v) is 3.42. The van der Waals surface area contributed by atoms with Crippen LogP contribution in [0.4, 0.5) is 0 Å². The van der Waals surface area contributed by atoms with Crippen LogP contribution in [0.1, 0.15) is 23.0 Å². The van der Waals surface area contributed by atoms with E-state index < -0.39 is 5.97 Å². The van der Waals surface area contributed by atoms with Crippen molar-refractivity contribution in [2.75, 3.05) is 6.61 Å². The number of rotatable bonds is 3. The molecule has 0 unspecified atom stereocenters. The van der Waals surface area contributed by atoms with Crippen molar-refractivity contribution >= 4 is 5.97 Å². The van der Waals surface area contributed by atoms with Crippen molar-refractivity contribution in [1.82, 2.24) is 10.1 Å². The van der Waals surface area contributed by atoms with Gasteiger partial charge in [-0.15, -0.1) is 0 Å². The van der Waals surface area contributed by atoms with Gasteiger partial charge in [-0.25, -0.2) is 4.79 Å². The fraction of sp³-hybridized carbons (Fsp3) is 0.250. The highest BCUT2D eigenvalue weighted by atomic mass is 16.6. The first-order valence-corrected chi connectivity index (χ1v) is 5.28. The van der Waals surface area contributed by atoms with E-state index in [0.29, 0.717) is 23.6 Å². The Bertz CT molecular complexity index is 520. The molecule has 0 amide bonds. The summed E-state index contributed by atoms with van der Waals surface area (Å²) in [6, 6.07) is 5.46. The first kappa shape index (κ1) is 11.3. The minimum absolute atomic E-state index is 0.132. The van der Waals surface area contributed by atoms with Crippen LogP contribution in [0.3, 0.4) is 0 Å². The second kappa shape index (κ2) is 4.78. The number of hydrogen-bond acceptors (Lipinski definition) is 5. The summed E-state index contributed by atoms with van der Waals surface area (Å²) in [5, 5.41) is 3.85. The maximum atomic E-state index is 11.5. The highest BCUT2D eigenvalue weighted by molar-refractivity contribution is 5.89. The fourth-order valence-corrected chi connectivity index (χ4v) is 1.46. The molecule has 0 spiro atoms. The van der Waals surface area contributed by atoms with Crippen molar-refractivity contribution in [3.05, 3.63) is 35.7 Å². The number of hydrogen-bond donors (Lipinski definition) is 0. The zero-order valence-electron chi connectivity index (χ0n) is 9.64. The average Bonchev–Trinajstić information content (AvgIpc) is 2.72. The molecule has 0 aliphatic heterocycles. The lowest BCUT2D eigenvalue weighted by atomic mass is 10.1. The summed E-state index contributed by atoms with van der Waals surface area (Å²) in [5.74, 6) is -0.368. The molecule has 0 saturated carbocycles. The maximum Gasteiger partial charge on any atom is 0.377 e. The van der Waals surface area contributed by atoms with Crippen LogP contribution in [0, 0.1) is 6.92 Å². The van der Waals surface area contributed by atoms with Gasteiger partial charge in [-0.1, -0.05) is 11.2 Å². The van der Waals surface area contributed by atoms with Gasteiger partial charge in [-0.3, -0.25) is 4.98 Å². The lowest BCUT2D eigenvalue weighted by Crippen LogP contribution is -2.04. The Hall–Kier alpha value is -2.17. The van der Waals surface area contributed by atoms with Crippen LogP contribution in [0.15, 0.2) is 28.9 Å². The third kappa shape index (κ3) is 2.18. The number of pyridine rings is 1. The molecule has 88 valence electrons. The van der Waals surface area contributed by atoms with Gasteiger partial charge in [0.1, 0.15) is 5.69 Å². The third-order valence-electron chi connectivity index (χ3n) is 2.29. The first-order chi connectivity index (χ1) is 8.24. The molecule has 0 aliphatic rings. The van der Waals surface area contributed by atoms with Gasteiger partial charge in [0.25, 0.3) is 0 Å². The number of esters is 1. The minimum atomic E-state index is -0.500. The van der Waals surface area contributed by atoms with Gasteiger partial charge in [0, 0.05) is 11.8 Å². The maximum absolute atomic E-state index is 11.5. The molecular formula is C12H12N2O3. The third-order valence-corrected chi connectivity index (χ3v) is 2.29. The summed E-state index contributed by atoms with van der Waals surface area (Å²) in [6.07, 6.45) is 1.66. The van der Waals surface area contributed by atoms with E-state index in [4.69, 9.17) is 9.26 Å². The molecule has 2 heterocycles. The van der Waals surface area contributed by atoms with Gasteiger partial charge >= 0.3 is 5.97 Å². The van der Waals surface area contributed by atoms with Crippen LogP contribution in [-0.4, -0.2) is 22.7 Å². The van der Waals surface area contributed by atoms with E-state index in [9.17, 15) is 4.79 Å². The van der Waals surface area contributed by atoms with Gasteiger partial charge in [-0.2, -0.15) is 0 Å². The molecule has 0 saturated heterocycles. The predicted molar refractivity (Wildman–Crippen MR) is 60.4 cm³/mol. The van der Waals surface area contributed by atoms with Crippen LogP contribution >= 0.6 is 0 Å². The van der Waals surface area contributed by atoms with Crippen LogP contribution < -0.4 is 0 Å². The van der Waals surface area contributed by atoms with E-state index in [2.05, 4.69) is 10.1 Å². The summed E-state index contributed by atoms with van der Waals surface area (Å²) >= 11 is 0.